The first kappa shape index (κ1) is 10.3. The van der Waals surface area contributed by atoms with Gasteiger partial charge in [-0.1, -0.05) is 0 Å². The molecule has 1 rings (SSSR count). The molecule has 0 spiro atoms. The molecule has 0 bridgehead atoms. The predicted molar refractivity (Wildman–Crippen MR) is 59.7 cm³/mol. The Bertz CT molecular complexity index is 198. The standard InChI is InChI=1S/C10H13AsBr/c12-9-5-4-8-11-10-6-2-1-3-7-10/h1-3,6-7H,4-5,8-9H2. The van der Waals surface area contributed by atoms with E-state index in [0.717, 1.165) is 5.33 Å². The normalized spacial score (nSPS) is 11.1. The van der Waals surface area contributed by atoms with Crippen LogP contribution in [0.25, 0.3) is 0 Å². The third-order valence-electron chi connectivity index (χ3n) is 1.59. The molecule has 0 saturated carbocycles. The number of alkyl halides is 1. The third kappa shape index (κ3) is 4.33. The van der Waals surface area contributed by atoms with E-state index in [1.807, 2.05) is 0 Å². The molecule has 65 valence electrons. The minimum atomic E-state index is 0.432. The van der Waals surface area contributed by atoms with Crippen molar-refractivity contribution in [2.75, 3.05) is 5.33 Å². The number of halogens is 1. The van der Waals surface area contributed by atoms with E-state index in [2.05, 4.69) is 46.3 Å². The second-order valence-corrected chi connectivity index (χ2v) is 6.09. The molecule has 0 aliphatic heterocycles. The first-order chi connectivity index (χ1) is 5.93. The molecular weight excluding hydrogens is 275 g/mol. The van der Waals surface area contributed by atoms with Crippen LogP contribution in [-0.2, 0) is 0 Å². The Kier molecular flexibility index (Phi) is 5.81. The summed E-state index contributed by atoms with van der Waals surface area (Å²) in [4.78, 5) is 0. The summed E-state index contributed by atoms with van der Waals surface area (Å²) in [7, 11) is 0. The Labute approximate surface area is 89.6 Å². The van der Waals surface area contributed by atoms with Gasteiger partial charge < -0.3 is 0 Å². The van der Waals surface area contributed by atoms with Gasteiger partial charge in [-0.2, -0.15) is 0 Å². The van der Waals surface area contributed by atoms with E-state index in [1.165, 1.54) is 18.1 Å². The van der Waals surface area contributed by atoms with E-state index in [-0.39, 0.29) is 0 Å². The van der Waals surface area contributed by atoms with E-state index < -0.39 is 0 Å². The molecule has 2 heteroatoms. The van der Waals surface area contributed by atoms with Crippen LogP contribution in [0.3, 0.4) is 0 Å². The van der Waals surface area contributed by atoms with Crippen molar-refractivity contribution in [3.8, 4) is 0 Å². The Balaban J connectivity index is 2.16. The Morgan fingerprint density at radius 3 is 2.50 bits per heavy atom. The maximum atomic E-state index is 3.45. The predicted octanol–water partition coefficient (Wildman–Crippen LogP) is 2.61. The van der Waals surface area contributed by atoms with Crippen molar-refractivity contribution in [3.63, 3.8) is 0 Å². The summed E-state index contributed by atoms with van der Waals surface area (Å²) in [6, 6.07) is 10.8. The van der Waals surface area contributed by atoms with Gasteiger partial charge in [-0.25, -0.2) is 0 Å². The molecule has 0 N–H and O–H groups in total. The average molecular weight is 288 g/mol. The van der Waals surface area contributed by atoms with Gasteiger partial charge in [0.15, 0.2) is 0 Å². The summed E-state index contributed by atoms with van der Waals surface area (Å²) in [5.74, 6) is 0. The van der Waals surface area contributed by atoms with Gasteiger partial charge in [0.1, 0.15) is 0 Å². The summed E-state index contributed by atoms with van der Waals surface area (Å²) in [5, 5.41) is 2.56. The number of benzene rings is 1. The molecule has 0 fully saturated rings. The van der Waals surface area contributed by atoms with Crippen LogP contribution in [0, 0.1) is 0 Å². The van der Waals surface area contributed by atoms with Gasteiger partial charge >= 0.3 is 89.7 Å². The van der Waals surface area contributed by atoms with Crippen molar-refractivity contribution in [1.82, 2.24) is 0 Å². The fraction of sp³-hybridized carbons (Fsp3) is 0.400. The van der Waals surface area contributed by atoms with E-state index in [0.29, 0.717) is 15.8 Å². The van der Waals surface area contributed by atoms with Crippen molar-refractivity contribution >= 4 is 36.0 Å². The zero-order valence-corrected chi connectivity index (χ0v) is 10.5. The molecule has 0 saturated heterocycles. The average Bonchev–Trinajstić information content (AvgIpc) is 2.14. The van der Waals surface area contributed by atoms with Crippen LogP contribution in [0.15, 0.2) is 30.3 Å². The zero-order valence-electron chi connectivity index (χ0n) is 7.04. The summed E-state index contributed by atoms with van der Waals surface area (Å²) in [6.07, 6.45) is 2.70. The van der Waals surface area contributed by atoms with Gasteiger partial charge in [0.25, 0.3) is 0 Å². The molecule has 12 heavy (non-hydrogen) atoms. The monoisotopic (exact) mass is 287 g/mol. The van der Waals surface area contributed by atoms with Crippen LogP contribution < -0.4 is 4.35 Å². The van der Waals surface area contributed by atoms with Gasteiger partial charge in [0, 0.05) is 0 Å². The molecule has 1 aromatic rings. The fourth-order valence-corrected chi connectivity index (χ4v) is 3.49. The number of rotatable bonds is 5. The minimum absolute atomic E-state index is 0.432. The second-order valence-electron chi connectivity index (χ2n) is 2.61. The molecule has 0 unspecified atom stereocenters. The molecule has 0 amide bonds. The van der Waals surface area contributed by atoms with Gasteiger partial charge in [0.2, 0.25) is 0 Å². The summed E-state index contributed by atoms with van der Waals surface area (Å²) in [5.41, 5.74) is 0. The number of hydrogen-bond acceptors (Lipinski definition) is 0. The first-order valence-electron chi connectivity index (χ1n) is 4.22. The van der Waals surface area contributed by atoms with Crippen LogP contribution in [0.1, 0.15) is 12.8 Å². The van der Waals surface area contributed by atoms with E-state index in [4.69, 9.17) is 0 Å². The molecule has 1 aromatic carbocycles. The molecule has 1 radical (unpaired) electrons. The van der Waals surface area contributed by atoms with Gasteiger partial charge in [0.05, 0.1) is 0 Å². The van der Waals surface area contributed by atoms with E-state index >= 15 is 0 Å². The molecular formula is C10H13AsBr. The molecule has 0 atom stereocenters. The van der Waals surface area contributed by atoms with Crippen LogP contribution in [0.4, 0.5) is 0 Å². The Morgan fingerprint density at radius 2 is 1.83 bits per heavy atom. The maximum absolute atomic E-state index is 3.45. The van der Waals surface area contributed by atoms with Crippen molar-refractivity contribution in [2.24, 2.45) is 0 Å². The van der Waals surface area contributed by atoms with Gasteiger partial charge in [-0.05, 0) is 0 Å². The number of unbranched alkanes of at least 4 members (excludes halogenated alkanes) is 1. The van der Waals surface area contributed by atoms with Crippen LogP contribution in [-0.4, -0.2) is 21.1 Å². The molecule has 0 heterocycles. The Morgan fingerprint density at radius 1 is 1.08 bits per heavy atom. The topological polar surface area (TPSA) is 0 Å². The summed E-state index contributed by atoms with van der Waals surface area (Å²) >= 11 is 3.88. The van der Waals surface area contributed by atoms with Crippen molar-refractivity contribution in [1.29, 1.82) is 0 Å². The van der Waals surface area contributed by atoms with Crippen LogP contribution in [0.5, 0.6) is 0 Å². The Hall–Kier alpha value is 0.258. The van der Waals surface area contributed by atoms with Crippen molar-refractivity contribution in [3.05, 3.63) is 30.3 Å². The molecule has 0 aliphatic rings. The molecule has 0 aliphatic carbocycles. The summed E-state index contributed by atoms with van der Waals surface area (Å²) in [6.45, 7) is 0. The quantitative estimate of drug-likeness (QED) is 0.444. The SMILES string of the molecule is BrCCCC[As]c1ccccc1. The van der Waals surface area contributed by atoms with Crippen molar-refractivity contribution in [2.45, 2.75) is 18.1 Å². The van der Waals surface area contributed by atoms with Crippen molar-refractivity contribution < 1.29 is 0 Å². The van der Waals surface area contributed by atoms with E-state index in [1.54, 1.807) is 4.35 Å². The van der Waals surface area contributed by atoms with Crippen LogP contribution >= 0.6 is 15.9 Å². The second kappa shape index (κ2) is 6.74. The van der Waals surface area contributed by atoms with Crippen LogP contribution in [0.2, 0.25) is 5.21 Å². The fourth-order valence-electron chi connectivity index (χ4n) is 0.948. The number of hydrogen-bond donors (Lipinski definition) is 0. The molecule has 0 aromatic heterocycles. The summed E-state index contributed by atoms with van der Waals surface area (Å²) < 4.78 is 1.56. The van der Waals surface area contributed by atoms with E-state index in [9.17, 15) is 0 Å². The third-order valence-corrected chi connectivity index (χ3v) is 4.68. The zero-order chi connectivity index (χ0) is 8.65. The first-order valence-corrected chi connectivity index (χ1v) is 7.60. The molecule has 0 nitrogen and oxygen atoms in total. The van der Waals surface area contributed by atoms with Gasteiger partial charge in [-0.15, -0.1) is 0 Å². The van der Waals surface area contributed by atoms with Gasteiger partial charge in [-0.3, -0.25) is 0 Å².